The highest BCUT2D eigenvalue weighted by atomic mass is 15.3. The molecule has 1 aromatic heterocycles. The van der Waals surface area contributed by atoms with Crippen LogP contribution >= 0.6 is 0 Å². The Labute approximate surface area is 174 Å². The molecule has 0 spiro atoms. The minimum atomic E-state index is 0.852. The molecule has 1 aromatic carbocycles. The maximum absolute atomic E-state index is 5.02. The Kier molecular flexibility index (Phi) is 5.51. The largest absolute Gasteiger partial charge is 0.338 e. The van der Waals surface area contributed by atoms with Crippen LogP contribution in [-0.4, -0.2) is 65.1 Å². The van der Waals surface area contributed by atoms with Crippen molar-refractivity contribution in [1.29, 1.82) is 0 Å². The summed E-state index contributed by atoms with van der Waals surface area (Å²) < 4.78 is 0. The van der Waals surface area contributed by atoms with Gasteiger partial charge in [-0.25, -0.2) is 9.97 Å². The Morgan fingerprint density at radius 2 is 1.69 bits per heavy atom. The fourth-order valence-corrected chi connectivity index (χ4v) is 4.81. The number of aromatic nitrogens is 2. The summed E-state index contributed by atoms with van der Waals surface area (Å²) in [4.78, 5) is 17.4. The van der Waals surface area contributed by atoms with E-state index in [0.29, 0.717) is 0 Å². The second kappa shape index (κ2) is 8.41. The maximum atomic E-state index is 5.02. The minimum absolute atomic E-state index is 0.852. The van der Waals surface area contributed by atoms with E-state index < -0.39 is 0 Å². The molecule has 0 radical (unpaired) electrons. The first kappa shape index (κ1) is 19.0. The lowest BCUT2D eigenvalue weighted by Crippen LogP contribution is -2.52. The summed E-state index contributed by atoms with van der Waals surface area (Å²) in [6.07, 6.45) is 8.39. The van der Waals surface area contributed by atoms with E-state index in [1.54, 1.807) is 0 Å². The zero-order chi connectivity index (χ0) is 19.6. The van der Waals surface area contributed by atoms with Crippen LogP contribution < -0.4 is 4.90 Å². The molecule has 5 heteroatoms. The normalized spacial score (nSPS) is 21.5. The first-order valence-corrected chi connectivity index (χ1v) is 11.4. The number of hydrogen-bond acceptors (Lipinski definition) is 5. The number of rotatable bonds is 4. The Balaban J connectivity index is 1.20. The summed E-state index contributed by atoms with van der Waals surface area (Å²) in [6, 6.07) is 9.79. The molecule has 2 aromatic rings. The Hall–Kier alpha value is -1.98. The number of aryl methyl sites for hydroxylation is 1. The van der Waals surface area contributed by atoms with Crippen molar-refractivity contribution in [2.45, 2.75) is 51.6 Å². The number of piperazine rings is 1. The van der Waals surface area contributed by atoms with Gasteiger partial charge in [0.1, 0.15) is 0 Å². The van der Waals surface area contributed by atoms with Gasteiger partial charge in [0.05, 0.1) is 5.69 Å². The Bertz CT molecular complexity index is 822. The molecule has 29 heavy (non-hydrogen) atoms. The van der Waals surface area contributed by atoms with E-state index in [9.17, 15) is 0 Å². The van der Waals surface area contributed by atoms with E-state index in [1.165, 1.54) is 41.6 Å². The number of fused-ring (bicyclic) bond motifs is 1. The van der Waals surface area contributed by atoms with Gasteiger partial charge in [-0.2, -0.15) is 0 Å². The molecule has 0 atom stereocenters. The number of nitrogens with zero attached hydrogens (tertiary/aromatic N) is 5. The van der Waals surface area contributed by atoms with Gasteiger partial charge in [-0.3, -0.25) is 9.80 Å². The van der Waals surface area contributed by atoms with Crippen molar-refractivity contribution in [2.75, 3.05) is 44.2 Å². The number of benzene rings is 1. The topological polar surface area (TPSA) is 35.5 Å². The van der Waals surface area contributed by atoms with Crippen LogP contribution in [0.2, 0.25) is 0 Å². The maximum Gasteiger partial charge on any atom is 0.225 e. The summed E-state index contributed by atoms with van der Waals surface area (Å²) in [5.41, 5.74) is 5.34. The summed E-state index contributed by atoms with van der Waals surface area (Å²) in [5.74, 6) is 0.948. The molecule has 2 fully saturated rings. The van der Waals surface area contributed by atoms with Gasteiger partial charge in [-0.05, 0) is 37.3 Å². The highest BCUT2D eigenvalue weighted by Gasteiger charge is 2.29. The fourth-order valence-electron chi connectivity index (χ4n) is 4.81. The van der Waals surface area contributed by atoms with Crippen LogP contribution in [0, 0.1) is 6.92 Å². The molecule has 1 aliphatic carbocycles. The molecule has 1 saturated carbocycles. The Morgan fingerprint density at radius 3 is 2.41 bits per heavy atom. The zero-order valence-corrected chi connectivity index (χ0v) is 17.7. The van der Waals surface area contributed by atoms with Crippen LogP contribution in [0.4, 0.5) is 5.95 Å². The quantitative estimate of drug-likeness (QED) is 0.800. The molecule has 5 nitrogen and oxygen atoms in total. The SMILES string of the molecule is Cc1ccc(CN2CCc3cnc(N4CCN(C5CCC5)CC4)nc3CC2)cc1. The van der Waals surface area contributed by atoms with Gasteiger partial charge in [0.15, 0.2) is 0 Å². The highest BCUT2D eigenvalue weighted by Crippen LogP contribution is 2.26. The van der Waals surface area contributed by atoms with E-state index in [4.69, 9.17) is 9.97 Å². The molecule has 5 rings (SSSR count). The first-order chi connectivity index (χ1) is 14.2. The average Bonchev–Trinajstić information content (AvgIpc) is 2.91. The van der Waals surface area contributed by atoms with Crippen LogP contribution in [0.15, 0.2) is 30.5 Å². The van der Waals surface area contributed by atoms with Crippen molar-refractivity contribution < 1.29 is 0 Å². The lowest BCUT2D eigenvalue weighted by molar-refractivity contribution is 0.120. The Morgan fingerprint density at radius 1 is 0.931 bits per heavy atom. The van der Waals surface area contributed by atoms with Crippen molar-refractivity contribution in [3.63, 3.8) is 0 Å². The van der Waals surface area contributed by atoms with Gasteiger partial charge < -0.3 is 4.90 Å². The molecule has 2 aliphatic heterocycles. The molecule has 3 aliphatic rings. The van der Waals surface area contributed by atoms with E-state index in [0.717, 1.165) is 70.6 Å². The van der Waals surface area contributed by atoms with Crippen LogP contribution in [0.3, 0.4) is 0 Å². The van der Waals surface area contributed by atoms with E-state index in [2.05, 4.69) is 52.1 Å². The van der Waals surface area contributed by atoms with Gasteiger partial charge in [-0.15, -0.1) is 0 Å². The molecule has 1 saturated heterocycles. The molecule has 0 amide bonds. The lowest BCUT2D eigenvalue weighted by Gasteiger charge is -2.43. The summed E-state index contributed by atoms with van der Waals surface area (Å²) >= 11 is 0. The third-order valence-corrected chi connectivity index (χ3v) is 7.02. The predicted molar refractivity (Wildman–Crippen MR) is 117 cm³/mol. The summed E-state index contributed by atoms with van der Waals surface area (Å²) in [6.45, 7) is 9.79. The van der Waals surface area contributed by atoms with Crippen LogP contribution in [0.5, 0.6) is 0 Å². The van der Waals surface area contributed by atoms with Crippen LogP contribution in [-0.2, 0) is 19.4 Å². The predicted octanol–water partition coefficient (Wildman–Crippen LogP) is 3.06. The smallest absolute Gasteiger partial charge is 0.225 e. The third-order valence-electron chi connectivity index (χ3n) is 7.02. The van der Waals surface area contributed by atoms with Gasteiger partial charge in [0.2, 0.25) is 5.95 Å². The van der Waals surface area contributed by atoms with Crippen LogP contribution in [0.1, 0.15) is 41.6 Å². The number of hydrogen-bond donors (Lipinski definition) is 0. The van der Waals surface area contributed by atoms with E-state index in [1.807, 2.05) is 0 Å². The van der Waals surface area contributed by atoms with Gasteiger partial charge in [0, 0.05) is 64.5 Å². The summed E-state index contributed by atoms with van der Waals surface area (Å²) in [7, 11) is 0. The molecule has 0 N–H and O–H groups in total. The first-order valence-electron chi connectivity index (χ1n) is 11.4. The van der Waals surface area contributed by atoms with Crippen LogP contribution in [0.25, 0.3) is 0 Å². The van der Waals surface area contributed by atoms with E-state index >= 15 is 0 Å². The standard InChI is InChI=1S/C24H33N5/c1-19-5-7-20(8-6-19)18-27-11-9-21-17-25-24(26-23(21)10-12-27)29-15-13-28(14-16-29)22-3-2-4-22/h5-8,17,22H,2-4,9-16,18H2,1H3. The zero-order valence-electron chi connectivity index (χ0n) is 17.7. The molecular formula is C24H33N5. The van der Waals surface area contributed by atoms with Crippen molar-refractivity contribution >= 4 is 5.95 Å². The van der Waals surface area contributed by atoms with Crippen molar-refractivity contribution in [3.05, 3.63) is 52.8 Å². The fraction of sp³-hybridized carbons (Fsp3) is 0.583. The average molecular weight is 392 g/mol. The van der Waals surface area contributed by atoms with Crippen molar-refractivity contribution in [1.82, 2.24) is 19.8 Å². The highest BCUT2D eigenvalue weighted by molar-refractivity contribution is 5.35. The van der Waals surface area contributed by atoms with Gasteiger partial charge in [0.25, 0.3) is 0 Å². The van der Waals surface area contributed by atoms with E-state index in [-0.39, 0.29) is 0 Å². The lowest BCUT2D eigenvalue weighted by atomic mass is 9.91. The van der Waals surface area contributed by atoms with Gasteiger partial charge >= 0.3 is 0 Å². The molecule has 3 heterocycles. The second-order valence-corrected chi connectivity index (χ2v) is 9.01. The minimum Gasteiger partial charge on any atom is -0.338 e. The molecule has 0 bridgehead atoms. The molecule has 154 valence electrons. The molecular weight excluding hydrogens is 358 g/mol. The van der Waals surface area contributed by atoms with Crippen molar-refractivity contribution in [3.8, 4) is 0 Å². The summed E-state index contributed by atoms with van der Waals surface area (Å²) in [5, 5.41) is 0. The number of anilines is 1. The third kappa shape index (κ3) is 4.31. The van der Waals surface area contributed by atoms with Crippen molar-refractivity contribution in [2.24, 2.45) is 0 Å². The molecule has 0 unspecified atom stereocenters. The van der Waals surface area contributed by atoms with Gasteiger partial charge in [-0.1, -0.05) is 36.2 Å². The second-order valence-electron chi connectivity index (χ2n) is 9.01. The monoisotopic (exact) mass is 391 g/mol.